The van der Waals surface area contributed by atoms with Crippen molar-refractivity contribution >= 4 is 34.5 Å². The quantitative estimate of drug-likeness (QED) is 0.413. The molecule has 0 spiro atoms. The maximum Gasteiger partial charge on any atom is 0.234 e. The van der Waals surface area contributed by atoms with E-state index in [1.807, 2.05) is 31.2 Å². The molecule has 1 amide bonds. The van der Waals surface area contributed by atoms with E-state index < -0.39 is 0 Å². The number of rotatable bonds is 5. The van der Waals surface area contributed by atoms with Gasteiger partial charge in [0.05, 0.1) is 11.4 Å². The summed E-state index contributed by atoms with van der Waals surface area (Å²) in [7, 11) is 0. The average Bonchev–Trinajstić information content (AvgIpc) is 3.13. The Kier molecular flexibility index (Phi) is 4.98. The first-order valence-electron chi connectivity index (χ1n) is 8.42. The predicted molar refractivity (Wildman–Crippen MR) is 105 cm³/mol. The maximum atomic E-state index is 13.2. The van der Waals surface area contributed by atoms with E-state index in [2.05, 4.69) is 25.6 Å². The number of para-hydroxylation sites is 1. The average molecular weight is 394 g/mol. The van der Waals surface area contributed by atoms with Gasteiger partial charge in [0.1, 0.15) is 17.2 Å². The van der Waals surface area contributed by atoms with E-state index in [0.717, 1.165) is 11.3 Å². The van der Waals surface area contributed by atoms with Crippen LogP contribution in [0.2, 0.25) is 0 Å². The molecule has 0 saturated carbocycles. The zero-order valence-electron chi connectivity index (χ0n) is 14.8. The normalized spacial score (nSPS) is 10.9. The van der Waals surface area contributed by atoms with Crippen molar-refractivity contribution in [3.05, 3.63) is 66.2 Å². The Morgan fingerprint density at radius 3 is 2.71 bits per heavy atom. The zero-order chi connectivity index (χ0) is 19.5. The van der Waals surface area contributed by atoms with Crippen LogP contribution in [0.3, 0.4) is 0 Å². The van der Waals surface area contributed by atoms with E-state index in [4.69, 9.17) is 0 Å². The Labute approximate surface area is 164 Å². The van der Waals surface area contributed by atoms with Gasteiger partial charge in [-0.1, -0.05) is 35.2 Å². The first kappa shape index (κ1) is 18.1. The molecule has 0 bridgehead atoms. The lowest BCUT2D eigenvalue weighted by Crippen LogP contribution is -2.14. The fourth-order valence-corrected chi connectivity index (χ4v) is 3.35. The highest BCUT2D eigenvalue weighted by atomic mass is 32.2. The van der Waals surface area contributed by atoms with Crippen LogP contribution in [-0.4, -0.2) is 36.6 Å². The van der Waals surface area contributed by atoms with Gasteiger partial charge in [-0.3, -0.25) is 4.79 Å². The van der Waals surface area contributed by atoms with Crippen molar-refractivity contribution in [1.82, 2.24) is 25.0 Å². The molecule has 0 atom stereocenters. The van der Waals surface area contributed by atoms with E-state index in [9.17, 15) is 9.18 Å². The van der Waals surface area contributed by atoms with Crippen molar-refractivity contribution < 1.29 is 9.18 Å². The van der Waals surface area contributed by atoms with Gasteiger partial charge in [0, 0.05) is 5.69 Å². The second-order valence-electron chi connectivity index (χ2n) is 5.98. The summed E-state index contributed by atoms with van der Waals surface area (Å²) in [6.45, 7) is 1.93. The number of fused-ring (bicyclic) bond motifs is 1. The summed E-state index contributed by atoms with van der Waals surface area (Å²) < 4.78 is 14.7. The lowest BCUT2D eigenvalue weighted by molar-refractivity contribution is -0.113. The van der Waals surface area contributed by atoms with Crippen LogP contribution >= 0.6 is 11.8 Å². The molecule has 0 radical (unpaired) electrons. The van der Waals surface area contributed by atoms with Crippen LogP contribution in [0.4, 0.5) is 10.1 Å². The highest BCUT2D eigenvalue weighted by molar-refractivity contribution is 8.00. The standard InChI is InChI=1S/C19H15FN6OS/c1-12-4-2-3-5-15(12)23-16(27)10-28-19-17-18(21-11-22-19)26(25-24-17)14-8-6-13(20)7-9-14/h2-9,11H,10H2,1H3,(H,23,27). The first-order chi connectivity index (χ1) is 13.6. The Balaban J connectivity index is 1.52. The van der Waals surface area contributed by atoms with Crippen molar-refractivity contribution in [1.29, 1.82) is 0 Å². The van der Waals surface area contributed by atoms with Crippen molar-refractivity contribution in [3.63, 3.8) is 0 Å². The number of hydrogen-bond acceptors (Lipinski definition) is 6. The molecule has 4 rings (SSSR count). The number of halogens is 1. The summed E-state index contributed by atoms with van der Waals surface area (Å²) in [6, 6.07) is 13.5. The van der Waals surface area contributed by atoms with Gasteiger partial charge < -0.3 is 5.32 Å². The lowest BCUT2D eigenvalue weighted by atomic mass is 10.2. The molecule has 0 aliphatic rings. The van der Waals surface area contributed by atoms with Gasteiger partial charge in [0.15, 0.2) is 11.2 Å². The van der Waals surface area contributed by atoms with Gasteiger partial charge in [-0.15, -0.1) is 5.10 Å². The van der Waals surface area contributed by atoms with Crippen molar-refractivity contribution in [2.45, 2.75) is 11.9 Å². The number of aromatic nitrogens is 5. The van der Waals surface area contributed by atoms with E-state index in [0.29, 0.717) is 21.9 Å². The Morgan fingerprint density at radius 2 is 1.93 bits per heavy atom. The second-order valence-corrected chi connectivity index (χ2v) is 6.94. The third kappa shape index (κ3) is 3.70. The highest BCUT2D eigenvalue weighted by Crippen LogP contribution is 2.24. The van der Waals surface area contributed by atoms with Crippen LogP contribution in [0, 0.1) is 12.7 Å². The Hall–Kier alpha value is -3.33. The fraction of sp³-hybridized carbons (Fsp3) is 0.105. The fourth-order valence-electron chi connectivity index (χ4n) is 2.62. The lowest BCUT2D eigenvalue weighted by Gasteiger charge is -2.07. The zero-order valence-corrected chi connectivity index (χ0v) is 15.7. The summed E-state index contributed by atoms with van der Waals surface area (Å²) in [5.41, 5.74) is 3.38. The summed E-state index contributed by atoms with van der Waals surface area (Å²) in [5.74, 6) is -0.306. The van der Waals surface area contributed by atoms with E-state index >= 15 is 0 Å². The molecule has 2 aromatic heterocycles. The number of carbonyl (C=O) groups is 1. The number of nitrogens with zero attached hydrogens (tertiary/aromatic N) is 5. The summed E-state index contributed by atoms with van der Waals surface area (Å²) in [5, 5.41) is 11.7. The van der Waals surface area contributed by atoms with Crippen molar-refractivity contribution in [3.8, 4) is 5.69 Å². The monoisotopic (exact) mass is 394 g/mol. The smallest absolute Gasteiger partial charge is 0.234 e. The number of aryl methyl sites for hydroxylation is 1. The van der Waals surface area contributed by atoms with Gasteiger partial charge in [-0.2, -0.15) is 4.68 Å². The summed E-state index contributed by atoms with van der Waals surface area (Å²) in [6.07, 6.45) is 1.40. The molecule has 4 aromatic rings. The molecule has 0 saturated heterocycles. The Morgan fingerprint density at radius 1 is 1.14 bits per heavy atom. The number of hydrogen-bond donors (Lipinski definition) is 1. The molecular weight excluding hydrogens is 379 g/mol. The number of carbonyl (C=O) groups excluding carboxylic acids is 1. The van der Waals surface area contributed by atoms with Crippen LogP contribution in [-0.2, 0) is 4.79 Å². The maximum absolute atomic E-state index is 13.2. The molecule has 2 heterocycles. The van der Waals surface area contributed by atoms with Gasteiger partial charge in [-0.05, 0) is 42.8 Å². The second kappa shape index (κ2) is 7.73. The third-order valence-corrected chi connectivity index (χ3v) is 5.01. The van der Waals surface area contributed by atoms with Crippen LogP contribution in [0.25, 0.3) is 16.9 Å². The molecule has 0 unspecified atom stereocenters. The predicted octanol–water partition coefficient (Wildman–Crippen LogP) is 3.39. The van der Waals surface area contributed by atoms with E-state index in [-0.39, 0.29) is 17.5 Å². The molecule has 28 heavy (non-hydrogen) atoms. The SMILES string of the molecule is Cc1ccccc1NC(=O)CSc1ncnc2c1nnn2-c1ccc(F)cc1. The number of benzene rings is 2. The molecular formula is C19H15FN6OS. The van der Waals surface area contributed by atoms with E-state index in [1.165, 1.54) is 34.9 Å². The summed E-state index contributed by atoms with van der Waals surface area (Å²) in [4.78, 5) is 20.7. The molecule has 2 aromatic carbocycles. The Bertz CT molecular complexity index is 1140. The minimum Gasteiger partial charge on any atom is -0.325 e. The van der Waals surface area contributed by atoms with Crippen molar-refractivity contribution in [2.75, 3.05) is 11.1 Å². The van der Waals surface area contributed by atoms with Crippen LogP contribution in [0.5, 0.6) is 0 Å². The first-order valence-corrected chi connectivity index (χ1v) is 9.41. The van der Waals surface area contributed by atoms with Crippen LogP contribution < -0.4 is 5.32 Å². The number of anilines is 1. The molecule has 0 aliphatic heterocycles. The van der Waals surface area contributed by atoms with Gasteiger partial charge in [-0.25, -0.2) is 14.4 Å². The van der Waals surface area contributed by atoms with Gasteiger partial charge in [0.25, 0.3) is 0 Å². The molecule has 0 aliphatic carbocycles. The molecule has 0 fully saturated rings. The minimum atomic E-state index is -0.335. The number of amides is 1. The van der Waals surface area contributed by atoms with Crippen molar-refractivity contribution in [2.24, 2.45) is 0 Å². The summed E-state index contributed by atoms with van der Waals surface area (Å²) >= 11 is 1.26. The topological polar surface area (TPSA) is 85.6 Å². The van der Waals surface area contributed by atoms with Gasteiger partial charge >= 0.3 is 0 Å². The van der Waals surface area contributed by atoms with Crippen LogP contribution in [0.1, 0.15) is 5.56 Å². The number of nitrogens with one attached hydrogen (secondary N) is 1. The largest absolute Gasteiger partial charge is 0.325 e. The molecule has 9 heteroatoms. The molecule has 140 valence electrons. The van der Waals surface area contributed by atoms with E-state index in [1.54, 1.807) is 12.1 Å². The third-order valence-electron chi connectivity index (χ3n) is 4.03. The van der Waals surface area contributed by atoms with Crippen LogP contribution in [0.15, 0.2) is 59.9 Å². The highest BCUT2D eigenvalue weighted by Gasteiger charge is 2.15. The number of thioether (sulfide) groups is 1. The molecule has 1 N–H and O–H groups in total. The molecule has 7 nitrogen and oxygen atoms in total. The minimum absolute atomic E-state index is 0.142. The van der Waals surface area contributed by atoms with Gasteiger partial charge in [0.2, 0.25) is 5.91 Å².